The average molecular weight is 788 g/mol. The van der Waals surface area contributed by atoms with E-state index in [1.54, 1.807) is 60.3 Å². The zero-order chi connectivity index (χ0) is 38.6. The number of amides is 3. The Morgan fingerprint density at radius 1 is 0.893 bits per heavy atom. The van der Waals surface area contributed by atoms with Crippen LogP contribution in [0.2, 0.25) is 0 Å². The molecular weight excluding hydrogens is 742 g/mol. The summed E-state index contributed by atoms with van der Waals surface area (Å²) in [5.74, 6) is 0.724. The number of phenols is 3. The maximum Gasteiger partial charge on any atom is 0.315 e. The first-order valence-electron chi connectivity index (χ1n) is 18.3. The molecule has 1 saturated carbocycles. The summed E-state index contributed by atoms with van der Waals surface area (Å²) in [6.45, 7) is 3.26. The van der Waals surface area contributed by atoms with Crippen LogP contribution in [-0.4, -0.2) is 101 Å². The van der Waals surface area contributed by atoms with E-state index in [1.165, 1.54) is 0 Å². The molecule has 16 nitrogen and oxygen atoms in total. The van der Waals surface area contributed by atoms with Crippen LogP contribution in [-0.2, 0) is 11.3 Å². The number of halogens is 1. The fourth-order valence-electron chi connectivity index (χ4n) is 7.33. The van der Waals surface area contributed by atoms with Gasteiger partial charge in [-0.15, -0.1) is 12.4 Å². The Bertz CT molecular complexity index is 2090. The first kappa shape index (κ1) is 39.8. The topological polar surface area (TPSA) is 230 Å². The third kappa shape index (κ3) is 8.83. The molecule has 9 N–H and O–H groups in total. The van der Waals surface area contributed by atoms with Gasteiger partial charge in [-0.2, -0.15) is 9.97 Å². The molecule has 2 fully saturated rings. The first-order chi connectivity index (χ1) is 26.6. The van der Waals surface area contributed by atoms with E-state index in [0.29, 0.717) is 49.0 Å². The Morgan fingerprint density at radius 2 is 1.59 bits per heavy atom. The number of hydrogen-bond donors (Lipinski definition) is 9. The number of phenolic OH excluding ortho intramolecular Hbond substituents is 3. The van der Waals surface area contributed by atoms with Crippen LogP contribution < -0.4 is 26.2 Å². The van der Waals surface area contributed by atoms with E-state index >= 15 is 0 Å². The summed E-state index contributed by atoms with van der Waals surface area (Å²) in [5, 5.41) is 64.0. The molecule has 1 aliphatic heterocycles. The fraction of sp³-hybridized carbons (Fsp3) is 0.359. The van der Waals surface area contributed by atoms with E-state index in [-0.39, 0.29) is 72.9 Å². The van der Waals surface area contributed by atoms with E-state index in [0.717, 1.165) is 16.7 Å². The summed E-state index contributed by atoms with van der Waals surface area (Å²) in [7, 11) is 0. The van der Waals surface area contributed by atoms with Crippen molar-refractivity contribution >= 4 is 47.3 Å². The lowest BCUT2D eigenvalue weighted by Crippen LogP contribution is -2.43. The number of fused-ring (bicyclic) bond motifs is 1. The Balaban J connectivity index is 0.00000532. The van der Waals surface area contributed by atoms with Crippen LogP contribution >= 0.6 is 12.4 Å². The molecule has 3 amide bonds. The van der Waals surface area contributed by atoms with Crippen molar-refractivity contribution in [2.45, 2.75) is 69.0 Å². The highest BCUT2D eigenvalue weighted by atomic mass is 35.5. The molecule has 3 aromatic carbocycles. The van der Waals surface area contributed by atoms with E-state index in [2.05, 4.69) is 26.3 Å². The highest BCUT2D eigenvalue weighted by Gasteiger charge is 2.44. The molecule has 296 valence electrons. The van der Waals surface area contributed by atoms with Crippen LogP contribution in [0.5, 0.6) is 17.2 Å². The number of carbonyl (C=O) groups is 2. The van der Waals surface area contributed by atoms with Gasteiger partial charge in [-0.25, -0.2) is 9.78 Å². The van der Waals surface area contributed by atoms with Crippen molar-refractivity contribution in [3.8, 4) is 17.2 Å². The second-order valence-corrected chi connectivity index (χ2v) is 14.1. The predicted octanol–water partition coefficient (Wildman–Crippen LogP) is 3.25. The van der Waals surface area contributed by atoms with Crippen molar-refractivity contribution in [2.24, 2.45) is 0 Å². The summed E-state index contributed by atoms with van der Waals surface area (Å²) in [4.78, 5) is 41.5. The molecule has 1 aliphatic carbocycles. The molecule has 2 aliphatic rings. The van der Waals surface area contributed by atoms with Gasteiger partial charge in [0.25, 0.3) is 0 Å². The van der Waals surface area contributed by atoms with Crippen LogP contribution in [0.15, 0.2) is 79.1 Å². The predicted molar refractivity (Wildman–Crippen MR) is 211 cm³/mol. The number of anilines is 2. The van der Waals surface area contributed by atoms with E-state index in [1.807, 2.05) is 35.2 Å². The van der Waals surface area contributed by atoms with Crippen molar-refractivity contribution < 1.29 is 35.1 Å². The molecule has 0 radical (unpaired) electrons. The van der Waals surface area contributed by atoms with Crippen molar-refractivity contribution in [2.75, 3.05) is 29.9 Å². The minimum atomic E-state index is -1.21. The largest absolute Gasteiger partial charge is 0.508 e. The number of aromatic hydroxyl groups is 3. The van der Waals surface area contributed by atoms with Crippen LogP contribution in [0, 0.1) is 0 Å². The Morgan fingerprint density at radius 3 is 2.25 bits per heavy atom. The maximum atomic E-state index is 12.8. The highest BCUT2D eigenvalue weighted by Crippen LogP contribution is 2.36. The van der Waals surface area contributed by atoms with Crippen molar-refractivity contribution in [1.82, 2.24) is 35.5 Å². The average Bonchev–Trinajstić information content (AvgIpc) is 3.90. The molecular formula is C39H46ClN9O7. The SMILES string of the molecule is CCC(=O)N[C@H]1C[C@@H](n2cnc3c(NCC(c4ccc(O)cc4)c4ccc(O)cc4)nc(N4CC[C@@H](NC(=O)NCc5cccc(O)c5)C4)nc32)[C@H](O)[C@@H]1O.Cl. The summed E-state index contributed by atoms with van der Waals surface area (Å²) in [6.07, 6.45) is 0.266. The molecule has 0 unspecified atom stereocenters. The number of urea groups is 1. The molecule has 5 atom stereocenters. The third-order valence-electron chi connectivity index (χ3n) is 10.3. The van der Waals surface area contributed by atoms with Crippen LogP contribution in [0.25, 0.3) is 11.2 Å². The number of hydrogen-bond acceptors (Lipinski definition) is 12. The summed E-state index contributed by atoms with van der Waals surface area (Å²) in [6, 6.07) is 18.6. The molecule has 56 heavy (non-hydrogen) atoms. The van der Waals surface area contributed by atoms with Gasteiger partial charge in [-0.05, 0) is 65.9 Å². The van der Waals surface area contributed by atoms with Crippen molar-refractivity contribution in [3.05, 3.63) is 95.8 Å². The molecule has 1 saturated heterocycles. The maximum absolute atomic E-state index is 12.8. The zero-order valence-corrected chi connectivity index (χ0v) is 31.4. The van der Waals surface area contributed by atoms with Crippen LogP contribution in [0.1, 0.15) is 54.8 Å². The number of imidazole rings is 1. The number of aliphatic hydroxyl groups excluding tert-OH is 2. The Labute approximate surface area is 329 Å². The fourth-order valence-corrected chi connectivity index (χ4v) is 7.33. The van der Waals surface area contributed by atoms with Gasteiger partial charge in [0, 0.05) is 44.6 Å². The van der Waals surface area contributed by atoms with Crippen molar-refractivity contribution in [3.63, 3.8) is 0 Å². The molecule has 17 heteroatoms. The smallest absolute Gasteiger partial charge is 0.315 e. The lowest BCUT2D eigenvalue weighted by molar-refractivity contribution is -0.122. The molecule has 3 heterocycles. The normalized spacial score (nSPS) is 20.5. The molecule has 0 spiro atoms. The van der Waals surface area contributed by atoms with Gasteiger partial charge in [0.05, 0.1) is 18.4 Å². The van der Waals surface area contributed by atoms with Crippen LogP contribution in [0.3, 0.4) is 0 Å². The lowest BCUT2D eigenvalue weighted by Gasteiger charge is -2.22. The van der Waals surface area contributed by atoms with E-state index in [9.17, 15) is 35.1 Å². The van der Waals surface area contributed by atoms with E-state index < -0.39 is 24.3 Å². The Kier molecular flexibility index (Phi) is 12.3. The molecule has 0 bridgehead atoms. The second kappa shape index (κ2) is 17.3. The van der Waals surface area contributed by atoms with Crippen LogP contribution in [0.4, 0.5) is 16.6 Å². The minimum Gasteiger partial charge on any atom is -0.508 e. The molecule has 7 rings (SSSR count). The number of nitrogens with zero attached hydrogens (tertiary/aromatic N) is 5. The summed E-state index contributed by atoms with van der Waals surface area (Å²) >= 11 is 0. The van der Waals surface area contributed by atoms with Gasteiger partial charge in [0.15, 0.2) is 17.0 Å². The lowest BCUT2D eigenvalue weighted by atomic mass is 9.91. The summed E-state index contributed by atoms with van der Waals surface area (Å²) < 4.78 is 1.72. The highest BCUT2D eigenvalue weighted by molar-refractivity contribution is 5.85. The van der Waals surface area contributed by atoms with Gasteiger partial charge < -0.3 is 56.3 Å². The molecule has 2 aromatic heterocycles. The monoisotopic (exact) mass is 787 g/mol. The molecule has 5 aromatic rings. The number of aromatic nitrogens is 4. The first-order valence-corrected chi connectivity index (χ1v) is 18.3. The number of benzene rings is 3. The van der Waals surface area contributed by atoms with Gasteiger partial charge in [0.2, 0.25) is 11.9 Å². The van der Waals surface area contributed by atoms with Gasteiger partial charge in [-0.3, -0.25) is 4.79 Å². The third-order valence-corrected chi connectivity index (χ3v) is 10.3. The Hall–Kier alpha value is -5.84. The summed E-state index contributed by atoms with van der Waals surface area (Å²) in [5.41, 5.74) is 3.43. The van der Waals surface area contributed by atoms with Gasteiger partial charge in [0.1, 0.15) is 29.5 Å². The van der Waals surface area contributed by atoms with Crippen molar-refractivity contribution in [1.29, 1.82) is 0 Å². The minimum absolute atomic E-state index is 0. The number of rotatable bonds is 12. The number of nitrogens with one attached hydrogen (secondary N) is 4. The quantitative estimate of drug-likeness (QED) is 0.0888. The second-order valence-electron chi connectivity index (χ2n) is 14.1. The van der Waals surface area contributed by atoms with E-state index in [4.69, 9.17) is 9.97 Å². The number of aliphatic hydroxyl groups is 2. The number of carbonyl (C=O) groups excluding carboxylic acids is 2. The standard InChI is InChI=1S/C39H45N9O7.ClH/c1-2-32(52)44-30-17-31(35(54)34(30)53)48-21-42-33-36(40-19-29(23-6-10-26(49)11-7-23)24-8-12-27(50)13-9-24)45-38(46-37(33)48)47-15-14-25(20-47)43-39(55)41-18-22-4-3-5-28(51)16-22;/h3-13,16,21,25,29-31,34-35,49-51,53-54H,2,14-15,17-20H2,1H3,(H,44,52)(H,40,45,46)(H2,41,43,55);1H/t25-,30+,31-,34-,35+;/m1./s1. The van der Waals surface area contributed by atoms with Gasteiger partial charge >= 0.3 is 6.03 Å². The zero-order valence-electron chi connectivity index (χ0n) is 30.6. The van der Waals surface area contributed by atoms with Gasteiger partial charge in [-0.1, -0.05) is 43.3 Å².